The van der Waals surface area contributed by atoms with Crippen LogP contribution in [-0.2, 0) is 98.2 Å². The molecule has 4 saturated heterocycles. The molecule has 8 N–H and O–H groups in total. The van der Waals surface area contributed by atoms with Crippen molar-refractivity contribution in [1.29, 1.82) is 0 Å². The number of alkyl carbamates (subject to hydrolysis) is 3. The molecule has 0 aromatic heterocycles. The van der Waals surface area contributed by atoms with Gasteiger partial charge in [-0.2, -0.15) is 16.5 Å². The number of carboxylic acid groups (broad SMARTS) is 1. The second kappa shape index (κ2) is 58.2. The van der Waals surface area contributed by atoms with Crippen LogP contribution in [0.3, 0.4) is 0 Å². The number of halogens is 1. The second-order valence-corrected chi connectivity index (χ2v) is 45.6. The number of nitrogens with zero attached hydrogens (tertiary/aromatic N) is 5. The zero-order valence-corrected chi connectivity index (χ0v) is 94.5. The van der Waals surface area contributed by atoms with Crippen LogP contribution in [-0.4, -0.2) is 232 Å². The Labute approximate surface area is 906 Å². The third kappa shape index (κ3) is 39.5. The number of unbranched alkanes of at least 4 members (excludes halogenated alkanes) is 3. The summed E-state index contributed by atoms with van der Waals surface area (Å²) in [6.07, 6.45) is 13.7. The zero-order valence-electron chi connectivity index (χ0n) is 90.9. The Bertz CT molecular complexity index is 5190. The van der Waals surface area contributed by atoms with E-state index in [0.717, 1.165) is 33.4 Å². The largest absolute Gasteiger partial charge is 0.534 e. The zero-order chi connectivity index (χ0) is 109. The van der Waals surface area contributed by atoms with Crippen molar-refractivity contribution in [3.63, 3.8) is 0 Å². The Hall–Kier alpha value is -10.8. The van der Waals surface area contributed by atoms with Crippen molar-refractivity contribution >= 4 is 100 Å². The predicted octanol–water partition coefficient (Wildman–Crippen LogP) is 20.0. The number of carbonyl (C=O) groups is 13. The first-order valence-electron chi connectivity index (χ1n) is 52.2. The van der Waals surface area contributed by atoms with Crippen LogP contribution in [0.5, 0.6) is 0 Å². The van der Waals surface area contributed by atoms with Crippen LogP contribution in [0.2, 0.25) is 0 Å². The molecule has 0 spiro atoms. The normalized spacial score (nSPS) is 18.5. The fourth-order valence-corrected chi connectivity index (χ4v) is 19.8. The molecule has 819 valence electrons. The fraction of sp³-hybridized carbons (Fsp3) is 0.579. The number of carboxylic acids is 1. The number of hydrogen-bond donors (Lipinski definition) is 8. The summed E-state index contributed by atoms with van der Waals surface area (Å²) in [6, 6.07) is 37.4. The van der Waals surface area contributed by atoms with Gasteiger partial charge in [0.1, 0.15) is 54.2 Å². The molecule has 6 aliphatic rings. The molecule has 5 aliphatic heterocycles. The molecular weight excluding hydrogens is 2060 g/mol. The van der Waals surface area contributed by atoms with Crippen molar-refractivity contribution < 1.29 is 130 Å². The van der Waals surface area contributed by atoms with E-state index in [9.17, 15) is 77.9 Å². The first-order valence-corrected chi connectivity index (χ1v) is 53.5. The Morgan fingerprint density at radius 3 is 1.30 bits per heavy atom. The summed E-state index contributed by atoms with van der Waals surface area (Å²) >= 11 is 2.23. The van der Waals surface area contributed by atoms with Crippen LogP contribution in [0.15, 0.2) is 158 Å². The van der Waals surface area contributed by atoms with Gasteiger partial charge in [0.05, 0.1) is 41.2 Å². The summed E-state index contributed by atoms with van der Waals surface area (Å²) in [5.74, 6) is -5.59. The van der Waals surface area contributed by atoms with Gasteiger partial charge in [-0.15, -0.1) is 0 Å². The van der Waals surface area contributed by atoms with Crippen LogP contribution in [0.4, 0.5) is 19.2 Å². The summed E-state index contributed by atoms with van der Waals surface area (Å²) in [6.45, 7) is 40.9. The number of rotatable bonds is 40. The number of ether oxygens (including phenoxy) is 6. The van der Waals surface area contributed by atoms with E-state index >= 15 is 0 Å². The molecule has 5 aromatic carbocycles. The maximum absolute atomic E-state index is 14.4. The number of piperidine rings is 2. The second-order valence-electron chi connectivity index (χ2n) is 44.7. The van der Waals surface area contributed by atoms with Gasteiger partial charge in [-0.25, -0.2) is 28.8 Å². The topological polar surface area (TPSA) is 424 Å². The molecule has 0 unspecified atom stereocenters. The molecule has 149 heavy (non-hydrogen) atoms. The Morgan fingerprint density at radius 1 is 0.503 bits per heavy atom. The first-order chi connectivity index (χ1) is 69.6. The molecule has 1 aliphatic carbocycles. The summed E-state index contributed by atoms with van der Waals surface area (Å²) in [5, 5.41) is 48.1. The minimum atomic E-state index is -1.16. The molecule has 8 atom stereocenters. The van der Waals surface area contributed by atoms with Crippen LogP contribution in [0, 0.1) is 28.1 Å². The van der Waals surface area contributed by atoms with Gasteiger partial charge in [0.25, 0.3) is 11.8 Å². The van der Waals surface area contributed by atoms with E-state index in [-0.39, 0.29) is 109 Å². The third-order valence-corrected chi connectivity index (χ3v) is 27.1. The van der Waals surface area contributed by atoms with Gasteiger partial charge in [0, 0.05) is 98.4 Å². The number of hydrogen-bond acceptors (Lipinski definition) is 24. The minimum absolute atomic E-state index is 0. The summed E-state index contributed by atoms with van der Waals surface area (Å²) < 4.78 is 35.4. The molecular formula is C114H162IN10O23V-. The van der Waals surface area contributed by atoms with Gasteiger partial charge >= 0.3 is 42.3 Å². The Kier molecular flexibility index (Phi) is 48.9. The van der Waals surface area contributed by atoms with E-state index in [1.165, 1.54) is 28.7 Å². The smallest absolute Gasteiger partial charge is 0.480 e. The molecule has 1 radical (unpaired) electrons. The molecule has 5 aromatic rings. The van der Waals surface area contributed by atoms with Gasteiger partial charge in [-0.1, -0.05) is 198 Å². The van der Waals surface area contributed by atoms with E-state index in [0.29, 0.717) is 134 Å². The van der Waals surface area contributed by atoms with Gasteiger partial charge in [0.2, 0.25) is 23.6 Å². The maximum Gasteiger partial charge on any atom is 0.534 e. The van der Waals surface area contributed by atoms with Gasteiger partial charge in [-0.3, -0.25) is 42.8 Å². The molecule has 0 saturated carbocycles. The van der Waals surface area contributed by atoms with E-state index in [2.05, 4.69) is 98.6 Å². The number of carbonyl (C=O) groups excluding carboxylic acids is 12. The molecule has 4 fully saturated rings. The molecule has 33 nitrogen and oxygen atoms in total. The third-order valence-electron chi connectivity index (χ3n) is 26.2. The van der Waals surface area contributed by atoms with E-state index in [4.69, 9.17) is 33.3 Å². The monoisotopic (exact) mass is 2220 g/mol. The number of imide groups is 1. The maximum atomic E-state index is 14.4. The predicted molar refractivity (Wildman–Crippen MR) is 572 cm³/mol. The number of likely N-dealkylation sites (tertiary alicyclic amines) is 2. The average Bonchev–Trinajstić information content (AvgIpc) is 1.71. The van der Waals surface area contributed by atoms with E-state index in [1.54, 1.807) is 56.6 Å². The van der Waals surface area contributed by atoms with Crippen molar-refractivity contribution in [3.8, 4) is 11.1 Å². The Balaban J connectivity index is 0.000000316. The average molecular weight is 2220 g/mol. The van der Waals surface area contributed by atoms with Crippen molar-refractivity contribution in [1.82, 2.24) is 51.6 Å². The SMILES string of the molecule is CC(C)C[C@@H](/C=C/[C@H](Cc1ccccc1)C(=O)N1CCC[C@H]1C(=O)N[C@H](CCCCCC(=O)OC1CC(C)(C)N(O)C(C)(C)C1)C(=O)O)NC(=O)OC(C)(C)C.CC(C)C[C@@H](/C=C/[C@H](Cc1ccccc1)C(=O)N1CCC[C@H]1C(=O)N[C@H](CCCCNC(=O)OCC1c2ccccc2-c2ccccc21)C(=O)OC(C)C)NC(=O)OC(C)(C)C.CC1(C)CC(OC(=O)ON2C(=O)c3ccccc3C2=O)CC(C)(C)N1O.CC[CH-]I.[V]. The van der Waals surface area contributed by atoms with Crippen LogP contribution < -0.4 is 26.6 Å². The first kappa shape index (κ1) is 125. The number of esters is 2. The van der Waals surface area contributed by atoms with Crippen molar-refractivity contribution in [2.75, 3.05) is 26.2 Å². The molecule has 11 rings (SSSR count). The fourth-order valence-electron chi connectivity index (χ4n) is 19.8. The number of amides is 9. The molecule has 9 amide bonds. The van der Waals surface area contributed by atoms with E-state index < -0.39 is 142 Å². The number of benzene rings is 5. The van der Waals surface area contributed by atoms with Crippen LogP contribution in [0.1, 0.15) is 316 Å². The molecule has 0 bridgehead atoms. The van der Waals surface area contributed by atoms with Gasteiger partial charge in [-0.05, 0) is 252 Å². The minimum Gasteiger partial charge on any atom is -0.480 e. The van der Waals surface area contributed by atoms with Crippen molar-refractivity contribution in [2.45, 2.75) is 374 Å². The number of nitrogens with one attached hydrogen (secondary N) is 5. The summed E-state index contributed by atoms with van der Waals surface area (Å²) in [7, 11) is 0. The van der Waals surface area contributed by atoms with Crippen molar-refractivity contribution in [3.05, 3.63) is 196 Å². The van der Waals surface area contributed by atoms with Crippen molar-refractivity contribution in [2.24, 2.45) is 23.7 Å². The summed E-state index contributed by atoms with van der Waals surface area (Å²) in [4.78, 5) is 177. The van der Waals surface area contributed by atoms with Crippen LogP contribution >= 0.6 is 22.6 Å². The van der Waals surface area contributed by atoms with E-state index in [1.807, 2.05) is 199 Å². The molecule has 5 heterocycles. The Morgan fingerprint density at radius 2 is 0.893 bits per heavy atom. The molecule has 35 heteroatoms. The van der Waals surface area contributed by atoms with Crippen LogP contribution in [0.25, 0.3) is 11.1 Å². The van der Waals surface area contributed by atoms with Gasteiger partial charge in [0.15, 0.2) is 0 Å². The number of hydroxylamine groups is 6. The standard InChI is InChI=1S/C50H66N4O8.C43H68N4O9.C18H22N2O6.C3H6I.V/c1-33(2)30-37(52-49(59)62-50(5,6)7)27-26-36(31-35-18-9-8-10-19-35)46(56)54-29-17-25-44(54)45(55)53-43(47(57)61-34(3)4)24-15-16-28-51-48(58)60-32-42-40-22-13-11-20-38(40)39-21-12-14-23-41(39)42;1-29(2)25-32(44-40(53)56-41(3,4)5)23-22-31(26-30-17-12-10-13-18-30)38(50)46-24-16-20-35(46)37(49)45-34(39(51)52)19-14-11-15-21-36(48)55-33-27-42(6,7)47(54)43(8,9)28-33;1-17(2)9-11(10-18(3,4)20(17)24)25-16(23)26-19-14(21)12-7-5-6-8-13(12)15(19)22;1-2-3-4;/h8-14,18-23,26-27,33-34,36-37,42-44H,15-17,24-25,28-32H2,1-7H3,(H,51,58)(H,52,59)(H,53,55);10,12-13,17-18,22-23,29,31-35,54H,11,14-16,19-21,24-28H2,1-9H3,(H,44,53)(H,45,49)(H,51,52);5-8,11,24H,9-10H2,1-4H3;3H,2H2,1H3;/q;;;-1;/b27-26+;23-22+;;;/t36-,37-,43-,44+;31-,32-,34-,35+;;;/m11.../s1. The summed E-state index contributed by atoms with van der Waals surface area (Å²) in [5.41, 5.74) is 3.22. The number of aliphatic carboxylic acids is 1. The van der Waals surface area contributed by atoms with Gasteiger partial charge < -0.3 is 103 Å². The quantitative estimate of drug-likeness (QED) is 0.00343. The number of fused-ring (bicyclic) bond motifs is 4.